The van der Waals surface area contributed by atoms with Crippen LogP contribution in [-0.2, 0) is 0 Å². The van der Waals surface area contributed by atoms with Crippen LogP contribution in [0.4, 0.5) is 11.5 Å². The van der Waals surface area contributed by atoms with Gasteiger partial charge in [0.2, 0.25) is 5.82 Å². The van der Waals surface area contributed by atoms with Gasteiger partial charge in [-0.25, -0.2) is 4.98 Å². The summed E-state index contributed by atoms with van der Waals surface area (Å²) in [5.74, 6) is 0.527. The van der Waals surface area contributed by atoms with Gasteiger partial charge in [-0.2, -0.15) is 0 Å². The van der Waals surface area contributed by atoms with Gasteiger partial charge in [-0.1, -0.05) is 33.8 Å². The molecule has 1 atom stereocenters. The molecule has 0 amide bonds. The molecular formula is C18H27N5O3. The second-order valence-corrected chi connectivity index (χ2v) is 6.69. The third kappa shape index (κ3) is 4.37. The van der Waals surface area contributed by atoms with E-state index in [2.05, 4.69) is 42.9 Å². The number of nitrogens with zero attached hydrogens (tertiary/aromatic N) is 4. The maximum Gasteiger partial charge on any atom is 0.376 e. The van der Waals surface area contributed by atoms with Crippen LogP contribution >= 0.6 is 0 Å². The molecular weight excluding hydrogens is 334 g/mol. The van der Waals surface area contributed by atoms with Gasteiger partial charge in [-0.3, -0.25) is 24.2 Å². The molecule has 1 unspecified atom stereocenters. The van der Waals surface area contributed by atoms with Crippen LogP contribution in [0, 0.1) is 16.0 Å². The van der Waals surface area contributed by atoms with Crippen molar-refractivity contribution in [2.24, 2.45) is 5.92 Å². The molecule has 2 aromatic rings. The first kappa shape index (κ1) is 19.8. The number of nitro groups is 1. The minimum atomic E-state index is -0.675. The Morgan fingerprint density at radius 2 is 2.00 bits per heavy atom. The lowest BCUT2D eigenvalue weighted by Gasteiger charge is -2.31. The molecule has 8 nitrogen and oxygen atoms in total. The van der Waals surface area contributed by atoms with E-state index in [1.807, 2.05) is 0 Å². The largest absolute Gasteiger partial charge is 0.376 e. The molecule has 0 saturated carbocycles. The molecule has 2 heterocycles. The molecule has 2 rings (SSSR count). The van der Waals surface area contributed by atoms with Crippen molar-refractivity contribution < 1.29 is 4.92 Å². The van der Waals surface area contributed by atoms with Crippen molar-refractivity contribution in [1.82, 2.24) is 14.3 Å². The summed E-state index contributed by atoms with van der Waals surface area (Å²) in [7, 11) is 0. The highest BCUT2D eigenvalue weighted by Gasteiger charge is 2.25. The van der Waals surface area contributed by atoms with Crippen molar-refractivity contribution >= 4 is 17.2 Å². The predicted octanol–water partition coefficient (Wildman–Crippen LogP) is 2.77. The van der Waals surface area contributed by atoms with E-state index in [4.69, 9.17) is 0 Å². The summed E-state index contributed by atoms with van der Waals surface area (Å²) in [6, 6.07) is 5.26. The number of pyridine rings is 1. The fourth-order valence-electron chi connectivity index (χ4n) is 3.23. The van der Waals surface area contributed by atoms with Gasteiger partial charge in [-0.15, -0.1) is 0 Å². The third-order valence-corrected chi connectivity index (χ3v) is 4.47. The first-order valence-corrected chi connectivity index (χ1v) is 9.02. The summed E-state index contributed by atoms with van der Waals surface area (Å²) in [4.78, 5) is 29.9. The summed E-state index contributed by atoms with van der Waals surface area (Å²) in [6.07, 6.45) is 2.44. The summed E-state index contributed by atoms with van der Waals surface area (Å²) in [5.41, 5.74) is -0.809. The molecule has 0 radical (unpaired) electrons. The molecule has 0 aliphatic heterocycles. The van der Waals surface area contributed by atoms with Crippen LogP contribution in [0.3, 0.4) is 0 Å². The number of aromatic nitrogens is 2. The Bertz CT molecular complexity index is 814. The first-order chi connectivity index (χ1) is 12.4. The molecule has 0 aliphatic rings. The molecule has 0 fully saturated rings. The Morgan fingerprint density at radius 1 is 1.31 bits per heavy atom. The molecule has 2 aromatic heterocycles. The monoisotopic (exact) mass is 361 g/mol. The number of anilines is 1. The van der Waals surface area contributed by atoms with Gasteiger partial charge in [0.15, 0.2) is 0 Å². The standard InChI is InChI=1S/C18H27N5O3/c1-5-21(6-2)14(11-13(3)4)12-19-17-16(23(25)26)18(24)22-10-8-7-9-15(22)20-17/h7-10,13-14,19H,5-6,11-12H2,1-4H3. The van der Waals surface area contributed by atoms with Crippen molar-refractivity contribution in [2.75, 3.05) is 25.0 Å². The van der Waals surface area contributed by atoms with Crippen molar-refractivity contribution in [3.63, 3.8) is 0 Å². The predicted molar refractivity (Wildman–Crippen MR) is 103 cm³/mol. The summed E-state index contributed by atoms with van der Waals surface area (Å²) in [5, 5.41) is 14.5. The molecule has 8 heteroatoms. The molecule has 0 saturated heterocycles. The minimum Gasteiger partial charge on any atom is -0.363 e. The molecule has 0 bridgehead atoms. The van der Waals surface area contributed by atoms with E-state index in [9.17, 15) is 14.9 Å². The molecule has 0 aliphatic carbocycles. The molecule has 0 aromatic carbocycles. The van der Waals surface area contributed by atoms with Crippen LogP contribution < -0.4 is 10.9 Å². The second-order valence-electron chi connectivity index (χ2n) is 6.69. The zero-order valence-electron chi connectivity index (χ0n) is 15.8. The highest BCUT2D eigenvalue weighted by atomic mass is 16.6. The van der Waals surface area contributed by atoms with Gasteiger partial charge in [0.1, 0.15) is 5.65 Å². The van der Waals surface area contributed by atoms with Crippen molar-refractivity contribution in [1.29, 1.82) is 0 Å². The number of likely N-dealkylation sites (N-methyl/N-ethyl adjacent to an activating group) is 1. The number of rotatable bonds is 9. The second kappa shape index (κ2) is 8.75. The quantitative estimate of drug-likeness (QED) is 0.545. The van der Waals surface area contributed by atoms with Gasteiger partial charge in [0, 0.05) is 18.8 Å². The maximum absolute atomic E-state index is 12.5. The Balaban J connectivity index is 2.38. The average molecular weight is 361 g/mol. The molecule has 142 valence electrons. The smallest absolute Gasteiger partial charge is 0.363 e. The number of fused-ring (bicyclic) bond motifs is 1. The highest BCUT2D eigenvalue weighted by Crippen LogP contribution is 2.19. The van der Waals surface area contributed by atoms with E-state index < -0.39 is 16.2 Å². The summed E-state index contributed by atoms with van der Waals surface area (Å²) >= 11 is 0. The fourth-order valence-corrected chi connectivity index (χ4v) is 3.23. The Hall–Kier alpha value is -2.48. The lowest BCUT2D eigenvalue weighted by atomic mass is 10.0. The van der Waals surface area contributed by atoms with Crippen LogP contribution in [-0.4, -0.2) is 44.9 Å². The van der Waals surface area contributed by atoms with E-state index in [1.54, 1.807) is 18.2 Å². The summed E-state index contributed by atoms with van der Waals surface area (Å²) < 4.78 is 1.19. The van der Waals surface area contributed by atoms with Crippen LogP contribution in [0.5, 0.6) is 0 Å². The SMILES string of the molecule is CCN(CC)C(CNc1nc2ccccn2c(=O)c1[N+](=O)[O-])CC(C)C. The lowest BCUT2D eigenvalue weighted by Crippen LogP contribution is -2.41. The lowest BCUT2D eigenvalue weighted by molar-refractivity contribution is -0.385. The zero-order valence-corrected chi connectivity index (χ0v) is 15.8. The van der Waals surface area contributed by atoms with Crippen molar-refractivity contribution in [3.05, 3.63) is 44.9 Å². The zero-order chi connectivity index (χ0) is 19.3. The van der Waals surface area contributed by atoms with Crippen molar-refractivity contribution in [2.45, 2.75) is 40.2 Å². The van der Waals surface area contributed by atoms with Crippen molar-refractivity contribution in [3.8, 4) is 0 Å². The normalized spacial score (nSPS) is 12.7. The molecule has 26 heavy (non-hydrogen) atoms. The number of hydrogen-bond acceptors (Lipinski definition) is 6. The Kier molecular flexibility index (Phi) is 6.68. The van der Waals surface area contributed by atoms with Gasteiger partial charge in [0.05, 0.1) is 4.92 Å². The van der Waals surface area contributed by atoms with E-state index in [1.165, 1.54) is 10.6 Å². The highest BCUT2D eigenvalue weighted by molar-refractivity contribution is 5.59. The van der Waals surface area contributed by atoms with Crippen LogP contribution in [0.15, 0.2) is 29.2 Å². The van der Waals surface area contributed by atoms with E-state index in [-0.39, 0.29) is 11.9 Å². The minimum absolute atomic E-state index is 0.0344. The fraction of sp³-hybridized carbons (Fsp3) is 0.556. The maximum atomic E-state index is 12.5. The summed E-state index contributed by atoms with van der Waals surface area (Å²) in [6.45, 7) is 10.8. The Morgan fingerprint density at radius 3 is 2.58 bits per heavy atom. The third-order valence-electron chi connectivity index (χ3n) is 4.47. The van der Waals surface area contributed by atoms with Crippen LogP contribution in [0.1, 0.15) is 34.1 Å². The van der Waals surface area contributed by atoms with Crippen LogP contribution in [0.2, 0.25) is 0 Å². The van der Waals surface area contributed by atoms with Gasteiger partial charge in [-0.05, 0) is 37.6 Å². The average Bonchev–Trinajstić information content (AvgIpc) is 2.59. The van der Waals surface area contributed by atoms with Crippen LogP contribution in [0.25, 0.3) is 5.65 Å². The molecule has 0 spiro atoms. The van der Waals surface area contributed by atoms with E-state index in [0.717, 1.165) is 19.5 Å². The van der Waals surface area contributed by atoms with E-state index in [0.29, 0.717) is 18.1 Å². The number of hydrogen-bond donors (Lipinski definition) is 1. The van der Waals surface area contributed by atoms with Gasteiger partial charge < -0.3 is 5.32 Å². The van der Waals surface area contributed by atoms with Gasteiger partial charge >= 0.3 is 11.2 Å². The van der Waals surface area contributed by atoms with E-state index >= 15 is 0 Å². The topological polar surface area (TPSA) is 92.8 Å². The first-order valence-electron chi connectivity index (χ1n) is 9.02. The van der Waals surface area contributed by atoms with Gasteiger partial charge in [0.25, 0.3) is 0 Å². The molecule has 1 N–H and O–H groups in total. The Labute approximate surface area is 153 Å². The number of nitrogens with one attached hydrogen (secondary N) is 1.